The van der Waals surface area contributed by atoms with Crippen molar-refractivity contribution in [1.82, 2.24) is 25.7 Å². The Morgan fingerprint density at radius 3 is 2.84 bits per heavy atom. The Morgan fingerprint density at radius 1 is 1.36 bits per heavy atom. The van der Waals surface area contributed by atoms with E-state index in [0.29, 0.717) is 17.6 Å². The average molecular weight is 382 g/mol. The third-order valence-electron chi connectivity index (χ3n) is 4.21. The van der Waals surface area contributed by atoms with Crippen LogP contribution in [0.3, 0.4) is 0 Å². The van der Waals surface area contributed by atoms with Crippen molar-refractivity contribution in [3.05, 3.63) is 45.4 Å². The fourth-order valence-electron chi connectivity index (χ4n) is 2.66. The molecule has 3 rings (SSSR count). The summed E-state index contributed by atoms with van der Waals surface area (Å²) < 4.78 is 0. The highest BCUT2D eigenvalue weighted by Crippen LogP contribution is 2.15. The van der Waals surface area contributed by atoms with E-state index in [1.54, 1.807) is 0 Å². The van der Waals surface area contributed by atoms with Gasteiger partial charge in [0.25, 0.3) is 5.91 Å². The van der Waals surface area contributed by atoms with Crippen LogP contribution in [0.25, 0.3) is 0 Å². The van der Waals surface area contributed by atoms with Gasteiger partial charge in [-0.25, -0.2) is 0 Å². The first kappa shape index (κ1) is 19.8. The topological polar surface area (TPSA) is 70.2 Å². The summed E-state index contributed by atoms with van der Waals surface area (Å²) in [4.78, 5) is 14.6. The summed E-state index contributed by atoms with van der Waals surface area (Å²) >= 11 is 1.38. The van der Waals surface area contributed by atoms with E-state index in [2.05, 4.69) is 32.7 Å². The van der Waals surface area contributed by atoms with Crippen LogP contribution >= 0.6 is 23.7 Å². The van der Waals surface area contributed by atoms with Crippen LogP contribution in [0.15, 0.2) is 24.3 Å². The third-order valence-corrected chi connectivity index (χ3v) is 5.12. The summed E-state index contributed by atoms with van der Waals surface area (Å²) in [6, 6.07) is 8.60. The molecule has 6 nitrogen and oxygen atoms in total. The molecule has 0 saturated carbocycles. The maximum Gasteiger partial charge on any atom is 0.282 e. The summed E-state index contributed by atoms with van der Waals surface area (Å²) in [6.45, 7) is 8.48. The Morgan fingerprint density at radius 2 is 2.12 bits per heavy atom. The van der Waals surface area contributed by atoms with Gasteiger partial charge in [0.1, 0.15) is 5.01 Å². The first-order valence-electron chi connectivity index (χ1n) is 8.22. The van der Waals surface area contributed by atoms with E-state index >= 15 is 0 Å². The summed E-state index contributed by atoms with van der Waals surface area (Å²) in [5.41, 5.74) is 2.29. The minimum absolute atomic E-state index is 0. The molecule has 0 radical (unpaired) electrons. The molecule has 0 unspecified atom stereocenters. The first-order valence-corrected chi connectivity index (χ1v) is 9.04. The lowest BCUT2D eigenvalue weighted by Gasteiger charge is -2.32. The summed E-state index contributed by atoms with van der Waals surface area (Å²) in [5.74, 6) is -0.160. The number of hydrogen-bond donors (Lipinski definition) is 2. The maximum atomic E-state index is 12.2. The molecular formula is C17H24ClN5OS. The van der Waals surface area contributed by atoms with E-state index in [1.807, 2.05) is 31.2 Å². The molecule has 1 fully saturated rings. The number of carbonyl (C=O) groups excluding carboxylic acids is 1. The summed E-state index contributed by atoms with van der Waals surface area (Å²) in [7, 11) is 0. The molecule has 2 heterocycles. The number of rotatable bonds is 5. The number of benzene rings is 1. The molecule has 0 bridgehead atoms. The molecular weight excluding hydrogens is 358 g/mol. The average Bonchev–Trinajstić information content (AvgIpc) is 3.05. The van der Waals surface area contributed by atoms with Gasteiger partial charge in [-0.3, -0.25) is 9.69 Å². The predicted octanol–water partition coefficient (Wildman–Crippen LogP) is 1.99. The number of hydrogen-bond acceptors (Lipinski definition) is 6. The Hall–Kier alpha value is -1.54. The number of aromatic nitrogens is 2. The van der Waals surface area contributed by atoms with Crippen molar-refractivity contribution in [2.75, 3.05) is 19.6 Å². The summed E-state index contributed by atoms with van der Waals surface area (Å²) in [5, 5.41) is 15.8. The van der Waals surface area contributed by atoms with Crippen LogP contribution < -0.4 is 10.6 Å². The molecule has 1 aromatic carbocycles. The largest absolute Gasteiger partial charge is 0.346 e. The lowest BCUT2D eigenvalue weighted by atomic mass is 10.1. The third kappa shape index (κ3) is 5.47. The van der Waals surface area contributed by atoms with E-state index in [0.717, 1.165) is 36.8 Å². The van der Waals surface area contributed by atoms with Crippen molar-refractivity contribution >= 4 is 29.7 Å². The van der Waals surface area contributed by atoms with Gasteiger partial charge < -0.3 is 10.6 Å². The lowest BCUT2D eigenvalue weighted by Crippen LogP contribution is -2.49. The monoisotopic (exact) mass is 381 g/mol. The SMILES string of the molecule is Cc1ccc(CNC(=O)c2nnc(CN3CCNC[C@@H]3C)s2)cc1.Cl. The van der Waals surface area contributed by atoms with E-state index in [1.165, 1.54) is 16.9 Å². The highest BCUT2D eigenvalue weighted by molar-refractivity contribution is 7.13. The van der Waals surface area contributed by atoms with Crippen molar-refractivity contribution in [2.45, 2.75) is 33.0 Å². The van der Waals surface area contributed by atoms with Gasteiger partial charge in [-0.1, -0.05) is 41.2 Å². The second kappa shape index (κ2) is 9.24. The molecule has 0 spiro atoms. The molecule has 1 aromatic heterocycles. The lowest BCUT2D eigenvalue weighted by molar-refractivity contribution is 0.0950. The van der Waals surface area contributed by atoms with Crippen LogP contribution in [0.4, 0.5) is 0 Å². The normalized spacial score (nSPS) is 17.8. The molecule has 136 valence electrons. The highest BCUT2D eigenvalue weighted by Gasteiger charge is 2.20. The number of nitrogens with one attached hydrogen (secondary N) is 2. The maximum absolute atomic E-state index is 12.2. The van der Waals surface area contributed by atoms with Gasteiger partial charge >= 0.3 is 0 Å². The van der Waals surface area contributed by atoms with Crippen LogP contribution in [0.2, 0.25) is 0 Å². The van der Waals surface area contributed by atoms with Crippen LogP contribution in [0.5, 0.6) is 0 Å². The molecule has 1 atom stereocenters. The minimum atomic E-state index is -0.160. The predicted molar refractivity (Wildman–Crippen MR) is 102 cm³/mol. The standard InChI is InChI=1S/C17H23N5OS.ClH/c1-12-3-5-14(6-4-12)10-19-16(23)17-21-20-15(24-17)11-22-8-7-18-9-13(22)2;/h3-6,13,18H,7-11H2,1-2H3,(H,19,23);1H/t13-;/m0./s1. The van der Waals surface area contributed by atoms with Crippen molar-refractivity contribution in [1.29, 1.82) is 0 Å². The van der Waals surface area contributed by atoms with Gasteiger partial charge in [-0.05, 0) is 19.4 Å². The number of nitrogens with zero attached hydrogens (tertiary/aromatic N) is 3. The van der Waals surface area contributed by atoms with Crippen LogP contribution in [-0.2, 0) is 13.1 Å². The smallest absolute Gasteiger partial charge is 0.282 e. The van der Waals surface area contributed by atoms with Gasteiger partial charge in [0.2, 0.25) is 5.01 Å². The zero-order valence-corrected chi connectivity index (χ0v) is 16.1. The van der Waals surface area contributed by atoms with Gasteiger partial charge in [-0.2, -0.15) is 0 Å². The zero-order chi connectivity index (χ0) is 16.9. The number of amides is 1. The Labute approximate surface area is 158 Å². The molecule has 1 saturated heterocycles. The highest BCUT2D eigenvalue weighted by atomic mass is 35.5. The molecule has 1 aliphatic rings. The van der Waals surface area contributed by atoms with Crippen molar-refractivity contribution in [2.24, 2.45) is 0 Å². The quantitative estimate of drug-likeness (QED) is 0.828. The number of carbonyl (C=O) groups is 1. The first-order chi connectivity index (χ1) is 11.6. The zero-order valence-electron chi connectivity index (χ0n) is 14.5. The minimum Gasteiger partial charge on any atom is -0.346 e. The molecule has 8 heteroatoms. The second-order valence-corrected chi connectivity index (χ2v) is 7.25. The van der Waals surface area contributed by atoms with Crippen LogP contribution in [0.1, 0.15) is 32.9 Å². The molecule has 2 aromatic rings. The van der Waals surface area contributed by atoms with E-state index < -0.39 is 0 Å². The fourth-order valence-corrected chi connectivity index (χ4v) is 3.45. The van der Waals surface area contributed by atoms with Gasteiger partial charge in [0.05, 0.1) is 6.54 Å². The number of aryl methyl sites for hydroxylation is 1. The Bertz CT molecular complexity index is 691. The second-order valence-electron chi connectivity index (χ2n) is 6.19. The molecule has 25 heavy (non-hydrogen) atoms. The van der Waals surface area contributed by atoms with Crippen LogP contribution in [0, 0.1) is 6.92 Å². The molecule has 1 aliphatic heterocycles. The Kier molecular flexibility index (Phi) is 7.31. The molecule has 1 amide bonds. The fraction of sp³-hybridized carbons (Fsp3) is 0.471. The molecule has 0 aliphatic carbocycles. The van der Waals surface area contributed by atoms with E-state index in [9.17, 15) is 4.79 Å². The Balaban J connectivity index is 0.00000225. The summed E-state index contributed by atoms with van der Waals surface area (Å²) in [6.07, 6.45) is 0. The van der Waals surface area contributed by atoms with Crippen molar-refractivity contribution < 1.29 is 4.79 Å². The van der Waals surface area contributed by atoms with Crippen LogP contribution in [-0.4, -0.2) is 46.7 Å². The molecule has 2 N–H and O–H groups in total. The number of piperazine rings is 1. The van der Waals surface area contributed by atoms with E-state index in [4.69, 9.17) is 0 Å². The number of halogens is 1. The van der Waals surface area contributed by atoms with E-state index in [-0.39, 0.29) is 18.3 Å². The van der Waals surface area contributed by atoms with Gasteiger partial charge in [0, 0.05) is 32.2 Å². The van der Waals surface area contributed by atoms with Gasteiger partial charge in [0.15, 0.2) is 0 Å². The van der Waals surface area contributed by atoms with Gasteiger partial charge in [-0.15, -0.1) is 22.6 Å². The van der Waals surface area contributed by atoms with Crippen molar-refractivity contribution in [3.63, 3.8) is 0 Å². The van der Waals surface area contributed by atoms with Crippen molar-refractivity contribution in [3.8, 4) is 0 Å².